The van der Waals surface area contributed by atoms with E-state index < -0.39 is 18.1 Å². The molecule has 4 nitrogen and oxygen atoms in total. The predicted octanol–water partition coefficient (Wildman–Crippen LogP) is -0.0751. The molecular formula is C5H11IrN2O2-. The minimum absolute atomic E-state index is 0. The van der Waals surface area contributed by atoms with E-state index in [1.807, 2.05) is 0 Å². The van der Waals surface area contributed by atoms with Crippen molar-refractivity contribution >= 4 is 5.97 Å². The number of carbonyl (C=O) groups is 1. The van der Waals surface area contributed by atoms with E-state index in [0.29, 0.717) is 0 Å². The van der Waals surface area contributed by atoms with E-state index >= 15 is 0 Å². The average Bonchev–Trinajstić information content (AvgIpc) is 1.84. The first-order valence-electron chi connectivity index (χ1n) is 2.64. The summed E-state index contributed by atoms with van der Waals surface area (Å²) in [6.07, 6.45) is 0. The standard InChI is InChI=1S/C5H11N2O2.Ir/c1-3(6)4(7)5(8)9-2;/h3-4,7H,6H2,1-2H3;/q-1;. The average molecular weight is 323 g/mol. The smallest absolute Gasteiger partial charge is 0.289 e. The fraction of sp³-hybridized carbons (Fsp3) is 0.800. The summed E-state index contributed by atoms with van der Waals surface area (Å²) in [4.78, 5) is 10.5. The molecule has 0 bridgehead atoms. The number of nitrogens with one attached hydrogen (secondary N) is 1. The number of hydrogen-bond acceptors (Lipinski definition) is 3. The van der Waals surface area contributed by atoms with E-state index in [4.69, 9.17) is 11.5 Å². The SMILES string of the molecule is COC(=O)C([NH-])C(C)N.[Ir]. The van der Waals surface area contributed by atoms with Crippen LogP contribution in [0.2, 0.25) is 0 Å². The quantitative estimate of drug-likeness (QED) is 0.723. The number of ether oxygens (including phenoxy) is 1. The maximum atomic E-state index is 10.5. The van der Waals surface area contributed by atoms with Crippen LogP contribution in [0.4, 0.5) is 0 Å². The van der Waals surface area contributed by atoms with Gasteiger partial charge in [0, 0.05) is 20.1 Å². The van der Waals surface area contributed by atoms with Crippen LogP contribution in [-0.2, 0) is 29.6 Å². The molecule has 0 saturated heterocycles. The van der Waals surface area contributed by atoms with Gasteiger partial charge < -0.3 is 16.2 Å². The van der Waals surface area contributed by atoms with Gasteiger partial charge >= 0.3 is 0 Å². The monoisotopic (exact) mass is 324 g/mol. The van der Waals surface area contributed by atoms with E-state index in [9.17, 15) is 4.79 Å². The fourth-order valence-electron chi connectivity index (χ4n) is 0.342. The molecule has 0 heterocycles. The first-order chi connectivity index (χ1) is 4.09. The normalized spacial score (nSPS) is 14.8. The molecule has 0 rings (SSSR count). The second-order valence-electron chi connectivity index (χ2n) is 1.86. The second-order valence-corrected chi connectivity index (χ2v) is 1.86. The number of methoxy groups -OCH3 is 1. The van der Waals surface area contributed by atoms with Gasteiger partial charge in [0.05, 0.1) is 7.11 Å². The van der Waals surface area contributed by atoms with Gasteiger partial charge in [0.1, 0.15) is 0 Å². The molecule has 0 aromatic heterocycles. The summed E-state index contributed by atoms with van der Waals surface area (Å²) in [7, 11) is 1.24. The van der Waals surface area contributed by atoms with Gasteiger partial charge in [-0.15, -0.1) is 0 Å². The molecule has 0 aliphatic carbocycles. The van der Waals surface area contributed by atoms with Gasteiger partial charge in [0.2, 0.25) is 0 Å². The molecule has 0 fully saturated rings. The molecule has 0 aliphatic rings. The van der Waals surface area contributed by atoms with Crippen LogP contribution in [-0.4, -0.2) is 25.2 Å². The maximum Gasteiger partial charge on any atom is 0.289 e. The van der Waals surface area contributed by atoms with Crippen molar-refractivity contribution in [3.8, 4) is 0 Å². The van der Waals surface area contributed by atoms with Crippen LogP contribution in [0.1, 0.15) is 6.92 Å². The van der Waals surface area contributed by atoms with Crippen LogP contribution in [0.15, 0.2) is 0 Å². The molecule has 1 radical (unpaired) electrons. The third-order valence-electron chi connectivity index (χ3n) is 0.981. The Labute approximate surface area is 73.6 Å². The third kappa shape index (κ3) is 3.95. The minimum atomic E-state index is -0.949. The third-order valence-corrected chi connectivity index (χ3v) is 0.981. The molecule has 0 aromatic rings. The van der Waals surface area contributed by atoms with Crippen molar-refractivity contribution in [2.45, 2.75) is 19.0 Å². The molecule has 63 valence electrons. The van der Waals surface area contributed by atoms with Crippen molar-refractivity contribution in [2.75, 3.05) is 7.11 Å². The molecule has 2 unspecified atom stereocenters. The van der Waals surface area contributed by atoms with E-state index in [0.717, 1.165) is 0 Å². The van der Waals surface area contributed by atoms with E-state index in [1.54, 1.807) is 6.92 Å². The molecular weight excluding hydrogens is 312 g/mol. The van der Waals surface area contributed by atoms with Crippen molar-refractivity contribution in [1.82, 2.24) is 0 Å². The van der Waals surface area contributed by atoms with Crippen LogP contribution < -0.4 is 5.73 Å². The summed E-state index contributed by atoms with van der Waals surface area (Å²) < 4.78 is 4.27. The summed E-state index contributed by atoms with van der Waals surface area (Å²) in [5.41, 5.74) is 12.3. The Morgan fingerprint density at radius 1 is 1.70 bits per heavy atom. The van der Waals surface area contributed by atoms with Crippen LogP contribution in [0.3, 0.4) is 0 Å². The van der Waals surface area contributed by atoms with Crippen molar-refractivity contribution in [3.05, 3.63) is 5.73 Å². The van der Waals surface area contributed by atoms with E-state index in [-0.39, 0.29) is 20.1 Å². The second kappa shape index (κ2) is 5.80. The molecule has 0 saturated carbocycles. The van der Waals surface area contributed by atoms with Crippen LogP contribution in [0.25, 0.3) is 5.73 Å². The molecule has 2 atom stereocenters. The topological polar surface area (TPSA) is 76.1 Å². The predicted molar refractivity (Wildman–Crippen MR) is 33.8 cm³/mol. The summed E-state index contributed by atoms with van der Waals surface area (Å²) in [6.45, 7) is 1.59. The van der Waals surface area contributed by atoms with Crippen molar-refractivity contribution < 1.29 is 29.6 Å². The van der Waals surface area contributed by atoms with Crippen LogP contribution in [0.5, 0.6) is 0 Å². The molecule has 0 aromatic carbocycles. The molecule has 10 heavy (non-hydrogen) atoms. The van der Waals surface area contributed by atoms with Gasteiger partial charge in [-0.05, 0) is 12.1 Å². The minimum Gasteiger partial charge on any atom is -0.664 e. The van der Waals surface area contributed by atoms with Gasteiger partial charge in [-0.25, -0.2) is 0 Å². The van der Waals surface area contributed by atoms with Gasteiger partial charge in [-0.3, -0.25) is 4.79 Å². The molecule has 0 aliphatic heterocycles. The van der Waals surface area contributed by atoms with Crippen molar-refractivity contribution in [1.29, 1.82) is 0 Å². The molecule has 5 heteroatoms. The van der Waals surface area contributed by atoms with Gasteiger partial charge in [0.25, 0.3) is 5.97 Å². The Hall–Kier alpha value is 0.0394. The zero-order chi connectivity index (χ0) is 7.44. The first kappa shape index (κ1) is 12.7. The van der Waals surface area contributed by atoms with Crippen LogP contribution >= 0.6 is 0 Å². The Morgan fingerprint density at radius 2 is 2.10 bits per heavy atom. The number of hydrogen-bond donors (Lipinski definition) is 1. The fourth-order valence-corrected chi connectivity index (χ4v) is 0.342. The zero-order valence-electron chi connectivity index (χ0n) is 5.88. The largest absolute Gasteiger partial charge is 0.664 e. The Morgan fingerprint density at radius 3 is 2.20 bits per heavy atom. The van der Waals surface area contributed by atoms with Gasteiger partial charge in [-0.1, -0.05) is 6.92 Å². The number of nitrogens with two attached hydrogens (primary N) is 1. The maximum absolute atomic E-state index is 10.5. The Balaban J connectivity index is 0. The molecule has 0 spiro atoms. The number of esters is 1. The molecule has 0 amide bonds. The van der Waals surface area contributed by atoms with Gasteiger partial charge in [-0.2, -0.15) is 0 Å². The van der Waals surface area contributed by atoms with E-state index in [2.05, 4.69) is 4.74 Å². The zero-order valence-corrected chi connectivity index (χ0v) is 8.28. The van der Waals surface area contributed by atoms with Crippen molar-refractivity contribution in [2.24, 2.45) is 5.73 Å². The summed E-state index contributed by atoms with van der Waals surface area (Å²) in [5.74, 6) is -0.579. The van der Waals surface area contributed by atoms with Gasteiger partial charge in [0.15, 0.2) is 0 Å². The Bertz CT molecular complexity index is 108. The van der Waals surface area contributed by atoms with E-state index in [1.165, 1.54) is 7.11 Å². The van der Waals surface area contributed by atoms with Crippen molar-refractivity contribution in [3.63, 3.8) is 0 Å². The summed E-state index contributed by atoms with van der Waals surface area (Å²) >= 11 is 0. The van der Waals surface area contributed by atoms with Crippen LogP contribution in [0, 0.1) is 0 Å². The molecule has 3 N–H and O–H groups in total. The summed E-state index contributed by atoms with van der Waals surface area (Å²) in [5, 5.41) is 0. The Kier molecular flexibility index (Phi) is 7.36. The number of carbonyl (C=O) groups excluding carboxylic acids is 1. The summed E-state index contributed by atoms with van der Waals surface area (Å²) in [6, 6.07) is -1.41. The number of rotatable bonds is 2. The first-order valence-corrected chi connectivity index (χ1v) is 2.64.